The van der Waals surface area contributed by atoms with Crippen molar-refractivity contribution < 1.29 is 27.8 Å². The van der Waals surface area contributed by atoms with Crippen LogP contribution in [0.25, 0.3) is 11.0 Å². The summed E-state index contributed by atoms with van der Waals surface area (Å²) in [5, 5.41) is 6.54. The van der Waals surface area contributed by atoms with E-state index >= 15 is 0 Å². The van der Waals surface area contributed by atoms with Crippen LogP contribution in [-0.4, -0.2) is 42.3 Å². The van der Waals surface area contributed by atoms with Crippen LogP contribution >= 0.6 is 0 Å². The normalized spacial score (nSPS) is 10.9. The van der Waals surface area contributed by atoms with Gasteiger partial charge in [-0.15, -0.1) is 0 Å². The molecular weight excluding hydrogens is 494 g/mol. The van der Waals surface area contributed by atoms with Gasteiger partial charge < -0.3 is 24.7 Å². The van der Waals surface area contributed by atoms with Gasteiger partial charge in [0.05, 0.1) is 31.3 Å². The molecule has 0 atom stereocenters. The second-order valence-electron chi connectivity index (χ2n) is 8.59. The average molecular weight is 523 g/mol. The summed E-state index contributed by atoms with van der Waals surface area (Å²) in [7, 11) is 2.81. The maximum atomic E-state index is 13.6. The first-order valence-electron chi connectivity index (χ1n) is 12.0. The molecule has 198 valence electrons. The Labute approximate surface area is 218 Å². The number of rotatable bonds is 11. The van der Waals surface area contributed by atoms with Gasteiger partial charge in [-0.3, -0.25) is 4.79 Å². The molecule has 0 spiro atoms. The minimum Gasteiger partial charge on any atom is -0.464 e. The van der Waals surface area contributed by atoms with E-state index in [0.717, 1.165) is 17.7 Å². The summed E-state index contributed by atoms with van der Waals surface area (Å²) in [4.78, 5) is 30.4. The first-order chi connectivity index (χ1) is 18.4. The van der Waals surface area contributed by atoms with Gasteiger partial charge in [-0.25, -0.2) is 18.6 Å². The number of anilines is 2. The molecule has 1 amide bonds. The highest BCUT2D eigenvalue weighted by Crippen LogP contribution is 2.33. The molecule has 0 aliphatic rings. The number of pyridine rings is 1. The predicted octanol–water partition coefficient (Wildman–Crippen LogP) is 4.93. The first kappa shape index (κ1) is 26.7. The van der Waals surface area contributed by atoms with Crippen molar-refractivity contribution in [1.29, 1.82) is 0 Å². The third-order valence-corrected chi connectivity index (χ3v) is 6.02. The molecule has 4 rings (SSSR count). The zero-order chi connectivity index (χ0) is 27.1. The third-order valence-electron chi connectivity index (χ3n) is 6.02. The van der Waals surface area contributed by atoms with E-state index in [0.29, 0.717) is 41.9 Å². The predicted molar refractivity (Wildman–Crippen MR) is 140 cm³/mol. The number of fused-ring (bicyclic) bond motifs is 1. The van der Waals surface area contributed by atoms with Gasteiger partial charge in [-0.1, -0.05) is 36.4 Å². The lowest BCUT2D eigenvalue weighted by atomic mass is 10.1. The van der Waals surface area contributed by atoms with Gasteiger partial charge in [-0.05, 0) is 35.7 Å². The van der Waals surface area contributed by atoms with Crippen molar-refractivity contribution >= 4 is 34.3 Å². The number of aryl methyl sites for hydroxylation is 1. The summed E-state index contributed by atoms with van der Waals surface area (Å²) >= 11 is 0. The number of hydrogen-bond donors (Lipinski definition) is 2. The van der Waals surface area contributed by atoms with Crippen LogP contribution < -0.4 is 10.6 Å². The van der Waals surface area contributed by atoms with Crippen molar-refractivity contribution in [3.8, 4) is 0 Å². The van der Waals surface area contributed by atoms with Crippen molar-refractivity contribution in [2.75, 3.05) is 31.5 Å². The van der Waals surface area contributed by atoms with E-state index in [4.69, 9.17) is 9.47 Å². The van der Waals surface area contributed by atoms with Gasteiger partial charge in [0.25, 0.3) is 0 Å². The summed E-state index contributed by atoms with van der Waals surface area (Å²) in [6, 6.07) is 15.0. The van der Waals surface area contributed by atoms with Crippen molar-refractivity contribution in [3.63, 3.8) is 0 Å². The SMILES string of the molecule is COCCn1c(C(=O)OC)c(NC(=O)CCc2ccccc2)c2cc(NCc3ccc(F)c(F)c3)cnc21. The second kappa shape index (κ2) is 12.3. The van der Waals surface area contributed by atoms with Crippen molar-refractivity contribution in [3.05, 3.63) is 89.2 Å². The lowest BCUT2D eigenvalue weighted by molar-refractivity contribution is -0.116. The molecule has 10 heteroatoms. The quantitative estimate of drug-likeness (QED) is 0.271. The monoisotopic (exact) mass is 522 g/mol. The van der Waals surface area contributed by atoms with E-state index in [2.05, 4.69) is 15.6 Å². The number of halogens is 2. The number of esters is 1. The van der Waals surface area contributed by atoms with E-state index in [1.807, 2.05) is 30.3 Å². The Bertz CT molecular complexity index is 1440. The van der Waals surface area contributed by atoms with Gasteiger partial charge in [0.1, 0.15) is 5.65 Å². The molecule has 0 aliphatic carbocycles. The van der Waals surface area contributed by atoms with Gasteiger partial charge in [0, 0.05) is 32.0 Å². The van der Waals surface area contributed by atoms with E-state index in [1.54, 1.807) is 23.9 Å². The number of amides is 1. The summed E-state index contributed by atoms with van der Waals surface area (Å²) in [5.74, 6) is -2.76. The number of benzene rings is 2. The lowest BCUT2D eigenvalue weighted by Gasteiger charge is -2.10. The molecule has 0 fully saturated rings. The summed E-state index contributed by atoms with van der Waals surface area (Å²) < 4.78 is 38.8. The smallest absolute Gasteiger partial charge is 0.356 e. The molecule has 0 saturated heterocycles. The van der Waals surface area contributed by atoms with Gasteiger partial charge in [0.15, 0.2) is 17.3 Å². The molecule has 0 saturated carbocycles. The van der Waals surface area contributed by atoms with Crippen LogP contribution in [0.1, 0.15) is 28.0 Å². The number of nitrogens with zero attached hydrogens (tertiary/aromatic N) is 2. The number of carbonyl (C=O) groups excluding carboxylic acids is 2. The zero-order valence-electron chi connectivity index (χ0n) is 21.1. The highest BCUT2D eigenvalue weighted by atomic mass is 19.2. The Morgan fingerprint density at radius 2 is 1.79 bits per heavy atom. The largest absolute Gasteiger partial charge is 0.464 e. The average Bonchev–Trinajstić information content (AvgIpc) is 3.23. The van der Waals surface area contributed by atoms with E-state index in [1.165, 1.54) is 13.2 Å². The van der Waals surface area contributed by atoms with Crippen LogP contribution in [0.15, 0.2) is 60.8 Å². The summed E-state index contributed by atoms with van der Waals surface area (Å²) in [5.41, 5.74) is 3.00. The first-order valence-corrected chi connectivity index (χ1v) is 12.0. The third kappa shape index (κ3) is 6.15. The minimum absolute atomic E-state index is 0.151. The number of nitrogens with one attached hydrogen (secondary N) is 2. The number of aromatic nitrogens is 2. The molecular formula is C28H28F2N4O4. The van der Waals surface area contributed by atoms with Gasteiger partial charge >= 0.3 is 5.97 Å². The Hall–Kier alpha value is -4.31. The molecule has 0 radical (unpaired) electrons. The van der Waals surface area contributed by atoms with Crippen molar-refractivity contribution in [1.82, 2.24) is 9.55 Å². The van der Waals surface area contributed by atoms with Crippen LogP contribution in [0, 0.1) is 11.6 Å². The van der Waals surface area contributed by atoms with Crippen molar-refractivity contribution in [2.45, 2.75) is 25.9 Å². The van der Waals surface area contributed by atoms with Crippen molar-refractivity contribution in [2.24, 2.45) is 0 Å². The molecule has 0 unspecified atom stereocenters. The number of hydrogen-bond acceptors (Lipinski definition) is 6. The Balaban J connectivity index is 1.67. The maximum Gasteiger partial charge on any atom is 0.356 e. The standard InChI is InChI=1S/C28H28F2N4O4/c1-37-13-12-34-26(28(36)38-2)25(33-24(35)11-9-18-6-4-3-5-7-18)21-15-20(17-32-27(21)34)31-16-19-8-10-22(29)23(30)14-19/h3-8,10,14-15,17,31H,9,11-13,16H2,1-2H3,(H,33,35). The minimum atomic E-state index is -0.934. The molecule has 8 nitrogen and oxygen atoms in total. The fourth-order valence-electron chi connectivity index (χ4n) is 4.12. The fourth-order valence-corrected chi connectivity index (χ4v) is 4.12. The molecule has 38 heavy (non-hydrogen) atoms. The molecule has 0 bridgehead atoms. The van der Waals surface area contributed by atoms with E-state index < -0.39 is 17.6 Å². The number of ether oxygens (including phenoxy) is 2. The molecule has 2 N–H and O–H groups in total. The lowest BCUT2D eigenvalue weighted by Crippen LogP contribution is -2.18. The fraction of sp³-hybridized carbons (Fsp3) is 0.250. The Morgan fingerprint density at radius 1 is 1.00 bits per heavy atom. The number of carbonyl (C=O) groups is 2. The maximum absolute atomic E-state index is 13.6. The van der Waals surface area contributed by atoms with Crippen LogP contribution in [0.5, 0.6) is 0 Å². The molecule has 4 aromatic rings. The van der Waals surface area contributed by atoms with E-state index in [-0.39, 0.29) is 30.3 Å². The zero-order valence-corrected chi connectivity index (χ0v) is 21.1. The second-order valence-corrected chi connectivity index (χ2v) is 8.59. The van der Waals surface area contributed by atoms with Crippen LogP contribution in [-0.2, 0) is 33.8 Å². The Kier molecular flexibility index (Phi) is 8.65. The van der Waals surface area contributed by atoms with Crippen LogP contribution in [0.2, 0.25) is 0 Å². The van der Waals surface area contributed by atoms with Crippen LogP contribution in [0.3, 0.4) is 0 Å². The molecule has 2 heterocycles. The summed E-state index contributed by atoms with van der Waals surface area (Å²) in [6.07, 6.45) is 2.30. The summed E-state index contributed by atoms with van der Waals surface area (Å²) in [6.45, 7) is 0.802. The molecule has 2 aromatic carbocycles. The highest BCUT2D eigenvalue weighted by molar-refractivity contribution is 6.11. The Morgan fingerprint density at radius 3 is 2.50 bits per heavy atom. The molecule has 0 aliphatic heterocycles. The number of methoxy groups -OCH3 is 2. The topological polar surface area (TPSA) is 94.5 Å². The van der Waals surface area contributed by atoms with E-state index in [9.17, 15) is 18.4 Å². The van der Waals surface area contributed by atoms with Gasteiger partial charge in [0.2, 0.25) is 5.91 Å². The highest BCUT2D eigenvalue weighted by Gasteiger charge is 2.26. The van der Waals surface area contributed by atoms with Gasteiger partial charge in [-0.2, -0.15) is 0 Å². The van der Waals surface area contributed by atoms with Crippen LogP contribution in [0.4, 0.5) is 20.2 Å². The molecule has 2 aromatic heterocycles.